The molecule has 130 valence electrons. The lowest BCUT2D eigenvalue weighted by Crippen LogP contribution is -2.24. The van der Waals surface area contributed by atoms with Crippen LogP contribution in [-0.4, -0.2) is 18.9 Å². The van der Waals surface area contributed by atoms with Crippen LogP contribution in [0.3, 0.4) is 0 Å². The van der Waals surface area contributed by atoms with E-state index < -0.39 is 23.3 Å². The molecular weight excluding hydrogens is 328 g/mol. The predicted molar refractivity (Wildman–Crippen MR) is 90.0 cm³/mol. The molecule has 0 bridgehead atoms. The highest BCUT2D eigenvalue weighted by Gasteiger charge is 2.08. The number of hydrogen-bond acceptors (Lipinski definition) is 3. The van der Waals surface area contributed by atoms with Crippen LogP contribution in [0.25, 0.3) is 6.08 Å². The number of carbonyl (C=O) groups is 2. The first kappa shape index (κ1) is 18.3. The van der Waals surface area contributed by atoms with Crippen LogP contribution in [0.1, 0.15) is 27.9 Å². The summed E-state index contributed by atoms with van der Waals surface area (Å²) in [5.41, 5.74) is 0.604. The Kier molecular flexibility index (Phi) is 6.83. The first-order valence-corrected chi connectivity index (χ1v) is 7.65. The molecule has 0 fully saturated rings. The highest BCUT2D eigenvalue weighted by atomic mass is 19.1. The summed E-state index contributed by atoms with van der Waals surface area (Å²) in [6.07, 6.45) is 3.23. The van der Waals surface area contributed by atoms with Crippen molar-refractivity contribution in [3.63, 3.8) is 0 Å². The zero-order chi connectivity index (χ0) is 18.1. The van der Waals surface area contributed by atoms with E-state index in [2.05, 4.69) is 5.32 Å². The Hall–Kier alpha value is -3.02. The molecule has 1 amide bonds. The van der Waals surface area contributed by atoms with E-state index in [1.165, 1.54) is 6.08 Å². The minimum absolute atomic E-state index is 0.142. The van der Waals surface area contributed by atoms with Crippen LogP contribution in [0.2, 0.25) is 0 Å². The van der Waals surface area contributed by atoms with Gasteiger partial charge in [-0.15, -0.1) is 0 Å². The van der Waals surface area contributed by atoms with Gasteiger partial charge in [0.05, 0.1) is 5.56 Å². The molecule has 0 unspecified atom stereocenters. The zero-order valence-electron chi connectivity index (χ0n) is 13.4. The summed E-state index contributed by atoms with van der Waals surface area (Å²) in [7, 11) is 0. The van der Waals surface area contributed by atoms with Crippen LogP contribution in [-0.2, 0) is 11.3 Å². The van der Waals surface area contributed by atoms with Crippen LogP contribution in [0, 0.1) is 11.6 Å². The van der Waals surface area contributed by atoms with Crippen LogP contribution in [0.15, 0.2) is 48.5 Å². The lowest BCUT2D eigenvalue weighted by atomic mass is 10.1. The van der Waals surface area contributed by atoms with Crippen molar-refractivity contribution in [1.29, 1.82) is 0 Å². The molecule has 2 aromatic rings. The zero-order valence-corrected chi connectivity index (χ0v) is 13.4. The first-order valence-electron chi connectivity index (χ1n) is 7.65. The minimum atomic E-state index is -0.905. The molecule has 2 aromatic carbocycles. The summed E-state index contributed by atoms with van der Waals surface area (Å²) in [4.78, 5) is 22.0. The number of ether oxygens (including phenoxy) is 1. The van der Waals surface area contributed by atoms with Crippen molar-refractivity contribution in [2.75, 3.05) is 6.54 Å². The summed E-state index contributed by atoms with van der Waals surface area (Å²) in [5, 5.41) is 2.57. The van der Waals surface area contributed by atoms with Gasteiger partial charge in [-0.05, 0) is 29.7 Å². The van der Waals surface area contributed by atoms with Crippen molar-refractivity contribution < 1.29 is 23.1 Å². The fourth-order valence-corrected chi connectivity index (χ4v) is 2.06. The van der Waals surface area contributed by atoms with Crippen molar-refractivity contribution >= 4 is 18.5 Å². The number of carbonyl (C=O) groups excluding carboxylic acids is 2. The average molecular weight is 345 g/mol. The summed E-state index contributed by atoms with van der Waals surface area (Å²) < 4.78 is 31.9. The Morgan fingerprint density at radius 1 is 1.12 bits per heavy atom. The predicted octanol–water partition coefficient (Wildman–Crippen LogP) is 4.11. The van der Waals surface area contributed by atoms with Crippen molar-refractivity contribution in [2.45, 2.75) is 13.0 Å². The van der Waals surface area contributed by atoms with Gasteiger partial charge < -0.3 is 10.1 Å². The number of aldehydes is 1. The van der Waals surface area contributed by atoms with Gasteiger partial charge in [0.1, 0.15) is 18.2 Å². The van der Waals surface area contributed by atoms with Crippen LogP contribution in [0.5, 0.6) is 0 Å². The SMILES string of the molecule is O=Cc1c(F)cc(C=CCCNC(=O)OCc2ccccc2)cc1F. The minimum Gasteiger partial charge on any atom is -0.445 e. The summed E-state index contributed by atoms with van der Waals surface area (Å²) >= 11 is 0. The molecule has 1 N–H and O–H groups in total. The molecule has 0 radical (unpaired) electrons. The second-order valence-electron chi connectivity index (χ2n) is 5.20. The largest absolute Gasteiger partial charge is 0.445 e. The Morgan fingerprint density at radius 3 is 2.44 bits per heavy atom. The van der Waals surface area contributed by atoms with Gasteiger partial charge in [0.2, 0.25) is 0 Å². The summed E-state index contributed by atoms with van der Waals surface area (Å²) in [6.45, 7) is 0.506. The molecule has 0 aliphatic heterocycles. The fourth-order valence-electron chi connectivity index (χ4n) is 2.06. The van der Waals surface area contributed by atoms with Gasteiger partial charge in [-0.1, -0.05) is 42.5 Å². The number of halogens is 2. The fraction of sp³-hybridized carbons (Fsp3) is 0.158. The second-order valence-corrected chi connectivity index (χ2v) is 5.20. The molecule has 0 saturated carbocycles. The molecular formula is C19H17F2NO3. The Bertz CT molecular complexity index is 738. The van der Waals surface area contributed by atoms with E-state index in [1.807, 2.05) is 30.3 Å². The van der Waals surface area contributed by atoms with E-state index in [9.17, 15) is 18.4 Å². The molecule has 0 aliphatic rings. The quantitative estimate of drug-likeness (QED) is 0.607. The molecule has 2 rings (SSSR count). The highest BCUT2D eigenvalue weighted by Crippen LogP contribution is 2.15. The van der Waals surface area contributed by atoms with Crippen molar-refractivity contribution in [1.82, 2.24) is 5.32 Å². The molecule has 4 nitrogen and oxygen atoms in total. The number of rotatable bonds is 7. The van der Waals surface area contributed by atoms with Crippen LogP contribution >= 0.6 is 0 Å². The third-order valence-corrected chi connectivity index (χ3v) is 3.32. The Balaban J connectivity index is 1.72. The molecule has 0 atom stereocenters. The average Bonchev–Trinajstić information content (AvgIpc) is 2.60. The third-order valence-electron chi connectivity index (χ3n) is 3.32. The lowest BCUT2D eigenvalue weighted by molar-refractivity contribution is 0.111. The normalized spacial score (nSPS) is 10.6. The molecule has 0 spiro atoms. The molecule has 0 aliphatic carbocycles. The number of alkyl carbamates (subject to hydrolysis) is 1. The van der Waals surface area contributed by atoms with E-state index in [0.29, 0.717) is 18.5 Å². The maximum Gasteiger partial charge on any atom is 0.407 e. The van der Waals surface area contributed by atoms with E-state index in [0.717, 1.165) is 17.7 Å². The van der Waals surface area contributed by atoms with Gasteiger partial charge in [-0.2, -0.15) is 0 Å². The van der Waals surface area contributed by atoms with Crippen LogP contribution in [0.4, 0.5) is 13.6 Å². The standard InChI is InChI=1S/C19H17F2NO3/c20-17-10-15(11-18(21)16(17)12-23)8-4-5-9-22-19(24)25-13-14-6-2-1-3-7-14/h1-4,6-8,10-12H,5,9,13H2,(H,22,24). The topological polar surface area (TPSA) is 55.4 Å². The summed E-state index contributed by atoms with van der Waals surface area (Å²) in [6, 6.07) is 11.4. The number of hydrogen-bond donors (Lipinski definition) is 1. The van der Waals surface area contributed by atoms with Crippen molar-refractivity contribution in [3.8, 4) is 0 Å². The highest BCUT2D eigenvalue weighted by molar-refractivity contribution is 5.76. The smallest absolute Gasteiger partial charge is 0.407 e. The molecule has 0 saturated heterocycles. The molecule has 25 heavy (non-hydrogen) atoms. The monoisotopic (exact) mass is 345 g/mol. The van der Waals surface area contributed by atoms with Crippen molar-refractivity contribution in [2.24, 2.45) is 0 Å². The second kappa shape index (κ2) is 9.32. The van der Waals surface area contributed by atoms with E-state index in [4.69, 9.17) is 4.74 Å². The maximum atomic E-state index is 13.4. The van der Waals surface area contributed by atoms with Crippen LogP contribution < -0.4 is 5.32 Å². The van der Waals surface area contributed by atoms with Gasteiger partial charge >= 0.3 is 6.09 Å². The van der Waals surface area contributed by atoms with Gasteiger partial charge in [0.25, 0.3) is 0 Å². The van der Waals surface area contributed by atoms with Gasteiger partial charge in [-0.25, -0.2) is 13.6 Å². The Labute approximate surface area is 144 Å². The number of benzene rings is 2. The molecule has 0 heterocycles. The van der Waals surface area contributed by atoms with E-state index in [-0.39, 0.29) is 12.9 Å². The van der Waals surface area contributed by atoms with Gasteiger partial charge in [0.15, 0.2) is 6.29 Å². The van der Waals surface area contributed by atoms with Gasteiger partial charge in [0, 0.05) is 6.54 Å². The van der Waals surface area contributed by atoms with Gasteiger partial charge in [-0.3, -0.25) is 4.79 Å². The van der Waals surface area contributed by atoms with E-state index in [1.54, 1.807) is 6.08 Å². The summed E-state index contributed by atoms with van der Waals surface area (Å²) in [5.74, 6) is -1.81. The third kappa shape index (κ3) is 5.84. The molecule has 0 aromatic heterocycles. The van der Waals surface area contributed by atoms with Crippen molar-refractivity contribution in [3.05, 3.63) is 76.9 Å². The van der Waals surface area contributed by atoms with E-state index >= 15 is 0 Å². The first-order chi connectivity index (χ1) is 12.1. The number of nitrogens with one attached hydrogen (secondary N) is 1. The molecule has 6 heteroatoms. The lowest BCUT2D eigenvalue weighted by Gasteiger charge is -2.06. The number of amides is 1. The maximum absolute atomic E-state index is 13.4. The Morgan fingerprint density at radius 2 is 1.80 bits per heavy atom.